The van der Waals surface area contributed by atoms with Crippen LogP contribution in [0.1, 0.15) is 23.0 Å². The molecule has 0 aliphatic heterocycles. The Balaban J connectivity index is 2.07. The number of nitrogens with zero attached hydrogens (tertiary/aromatic N) is 1. The number of benzene rings is 1. The molecule has 1 aromatic heterocycles. The summed E-state index contributed by atoms with van der Waals surface area (Å²) in [5.41, 5.74) is 7.45. The normalized spacial score (nSPS) is 10.4. The first-order chi connectivity index (χ1) is 9.11. The zero-order valence-corrected chi connectivity index (χ0v) is 11.4. The van der Waals surface area contributed by atoms with Gasteiger partial charge < -0.3 is 15.0 Å². The first-order valence-corrected chi connectivity index (χ1v) is 6.35. The summed E-state index contributed by atoms with van der Waals surface area (Å²) in [5.74, 6) is -0.404. The van der Waals surface area contributed by atoms with E-state index in [0.717, 1.165) is 5.56 Å². The molecule has 0 fully saturated rings. The van der Waals surface area contributed by atoms with Crippen LogP contribution in [-0.2, 0) is 17.9 Å². The number of anilines is 1. The van der Waals surface area contributed by atoms with Crippen LogP contribution in [-0.4, -0.2) is 10.5 Å². The molecule has 4 nitrogen and oxygen atoms in total. The van der Waals surface area contributed by atoms with Crippen molar-refractivity contribution in [2.24, 2.45) is 0 Å². The SMILES string of the molecule is CCn1cc(N)cc1C(=O)OCc1ccccc1Cl. The molecule has 2 rings (SSSR count). The number of ether oxygens (including phenoxy) is 1. The van der Waals surface area contributed by atoms with Crippen LogP contribution >= 0.6 is 11.6 Å². The lowest BCUT2D eigenvalue weighted by molar-refractivity contribution is 0.0460. The van der Waals surface area contributed by atoms with Gasteiger partial charge in [-0.15, -0.1) is 0 Å². The Morgan fingerprint density at radius 2 is 2.16 bits per heavy atom. The lowest BCUT2D eigenvalue weighted by atomic mass is 10.2. The lowest BCUT2D eigenvalue weighted by Crippen LogP contribution is -2.11. The van der Waals surface area contributed by atoms with Gasteiger partial charge in [-0.05, 0) is 19.1 Å². The van der Waals surface area contributed by atoms with E-state index in [1.54, 1.807) is 22.9 Å². The molecular formula is C14H15ClN2O2. The van der Waals surface area contributed by atoms with Crippen LogP contribution in [0.15, 0.2) is 36.5 Å². The molecule has 5 heteroatoms. The minimum absolute atomic E-state index is 0.146. The summed E-state index contributed by atoms with van der Waals surface area (Å²) in [4.78, 5) is 12.0. The first kappa shape index (κ1) is 13.5. The maximum Gasteiger partial charge on any atom is 0.355 e. The number of halogens is 1. The first-order valence-electron chi connectivity index (χ1n) is 5.98. The molecule has 2 N–H and O–H groups in total. The second-order valence-corrected chi connectivity index (χ2v) is 4.52. The number of nitrogen functional groups attached to an aromatic ring is 1. The highest BCUT2D eigenvalue weighted by Crippen LogP contribution is 2.17. The Kier molecular flexibility index (Phi) is 4.12. The molecule has 0 amide bonds. The Morgan fingerprint density at radius 3 is 2.84 bits per heavy atom. The fourth-order valence-corrected chi connectivity index (χ4v) is 1.99. The Labute approximate surface area is 116 Å². The number of hydrogen-bond donors (Lipinski definition) is 1. The van der Waals surface area contributed by atoms with Gasteiger partial charge in [0.1, 0.15) is 12.3 Å². The van der Waals surface area contributed by atoms with Gasteiger partial charge in [-0.3, -0.25) is 0 Å². The Hall–Kier alpha value is -1.94. The molecule has 1 aromatic carbocycles. The van der Waals surface area contributed by atoms with Crippen molar-refractivity contribution in [1.82, 2.24) is 4.57 Å². The third kappa shape index (κ3) is 3.09. The van der Waals surface area contributed by atoms with Crippen LogP contribution in [0.2, 0.25) is 5.02 Å². The second-order valence-electron chi connectivity index (χ2n) is 4.11. The molecule has 19 heavy (non-hydrogen) atoms. The molecule has 100 valence electrons. The lowest BCUT2D eigenvalue weighted by Gasteiger charge is -2.08. The smallest absolute Gasteiger partial charge is 0.355 e. The average molecular weight is 279 g/mol. The van der Waals surface area contributed by atoms with Crippen molar-refractivity contribution >= 4 is 23.3 Å². The van der Waals surface area contributed by atoms with Crippen molar-refractivity contribution < 1.29 is 9.53 Å². The molecule has 0 atom stereocenters. The van der Waals surface area contributed by atoms with E-state index >= 15 is 0 Å². The van der Waals surface area contributed by atoms with Gasteiger partial charge in [-0.1, -0.05) is 29.8 Å². The van der Waals surface area contributed by atoms with E-state index in [4.69, 9.17) is 22.1 Å². The molecule has 0 saturated heterocycles. The third-order valence-corrected chi connectivity index (χ3v) is 3.15. The van der Waals surface area contributed by atoms with E-state index in [1.165, 1.54) is 0 Å². The second kappa shape index (κ2) is 5.80. The maximum absolute atomic E-state index is 12.0. The number of hydrogen-bond acceptors (Lipinski definition) is 3. The highest BCUT2D eigenvalue weighted by Gasteiger charge is 2.14. The zero-order valence-electron chi connectivity index (χ0n) is 10.6. The fourth-order valence-electron chi connectivity index (χ4n) is 1.80. The van der Waals surface area contributed by atoms with Crippen molar-refractivity contribution in [3.8, 4) is 0 Å². The number of carbonyl (C=O) groups is 1. The van der Waals surface area contributed by atoms with Crippen LogP contribution in [0.4, 0.5) is 5.69 Å². The number of rotatable bonds is 4. The fraction of sp³-hybridized carbons (Fsp3) is 0.214. The summed E-state index contributed by atoms with van der Waals surface area (Å²) < 4.78 is 7.01. The summed E-state index contributed by atoms with van der Waals surface area (Å²) in [6.07, 6.45) is 1.71. The van der Waals surface area contributed by atoms with Gasteiger partial charge in [0.05, 0.1) is 5.69 Å². The van der Waals surface area contributed by atoms with Crippen molar-refractivity contribution in [1.29, 1.82) is 0 Å². The molecule has 0 bridgehead atoms. The van der Waals surface area contributed by atoms with E-state index in [9.17, 15) is 4.79 Å². The van der Waals surface area contributed by atoms with Crippen LogP contribution in [0, 0.1) is 0 Å². The summed E-state index contributed by atoms with van der Waals surface area (Å²) in [5, 5.41) is 0.584. The topological polar surface area (TPSA) is 57.2 Å². The van der Waals surface area contributed by atoms with Gasteiger partial charge in [-0.25, -0.2) is 4.79 Å². The molecule has 0 unspecified atom stereocenters. The molecule has 0 aliphatic rings. The van der Waals surface area contributed by atoms with E-state index in [1.807, 2.05) is 25.1 Å². The highest BCUT2D eigenvalue weighted by molar-refractivity contribution is 6.31. The van der Waals surface area contributed by atoms with Crippen LogP contribution in [0.25, 0.3) is 0 Å². The van der Waals surface area contributed by atoms with E-state index in [0.29, 0.717) is 22.9 Å². The van der Waals surface area contributed by atoms with Crippen molar-refractivity contribution in [2.75, 3.05) is 5.73 Å². The summed E-state index contributed by atoms with van der Waals surface area (Å²) in [7, 11) is 0. The van der Waals surface area contributed by atoms with E-state index in [-0.39, 0.29) is 6.61 Å². The molecule has 0 saturated carbocycles. The van der Waals surface area contributed by atoms with Gasteiger partial charge in [0.2, 0.25) is 0 Å². The third-order valence-electron chi connectivity index (χ3n) is 2.78. The molecular weight excluding hydrogens is 264 g/mol. The minimum Gasteiger partial charge on any atom is -0.456 e. The highest BCUT2D eigenvalue weighted by atomic mass is 35.5. The van der Waals surface area contributed by atoms with Crippen molar-refractivity contribution in [2.45, 2.75) is 20.1 Å². The molecule has 0 spiro atoms. The number of aryl methyl sites for hydroxylation is 1. The Bertz CT molecular complexity index is 593. The van der Waals surface area contributed by atoms with Crippen LogP contribution < -0.4 is 5.73 Å². The van der Waals surface area contributed by atoms with Gasteiger partial charge in [0.15, 0.2) is 0 Å². The standard InChI is InChI=1S/C14H15ClN2O2/c1-2-17-8-11(16)7-13(17)14(18)19-9-10-5-3-4-6-12(10)15/h3-8H,2,9,16H2,1H3. The molecule has 0 aliphatic carbocycles. The summed E-state index contributed by atoms with van der Waals surface area (Å²) >= 11 is 6.00. The largest absolute Gasteiger partial charge is 0.456 e. The van der Waals surface area contributed by atoms with E-state index < -0.39 is 5.97 Å². The molecule has 2 aromatic rings. The zero-order chi connectivity index (χ0) is 13.8. The number of carbonyl (C=O) groups excluding carboxylic acids is 1. The van der Waals surface area contributed by atoms with E-state index in [2.05, 4.69) is 0 Å². The Morgan fingerprint density at radius 1 is 1.42 bits per heavy atom. The van der Waals surface area contributed by atoms with Gasteiger partial charge in [0.25, 0.3) is 0 Å². The van der Waals surface area contributed by atoms with Crippen LogP contribution in [0.3, 0.4) is 0 Å². The van der Waals surface area contributed by atoms with Gasteiger partial charge in [-0.2, -0.15) is 0 Å². The predicted molar refractivity (Wildman–Crippen MR) is 75.1 cm³/mol. The summed E-state index contributed by atoms with van der Waals surface area (Å²) in [6.45, 7) is 2.74. The minimum atomic E-state index is -0.404. The molecule has 0 radical (unpaired) electrons. The van der Waals surface area contributed by atoms with Crippen molar-refractivity contribution in [3.05, 3.63) is 52.8 Å². The molecule has 1 heterocycles. The van der Waals surface area contributed by atoms with Crippen LogP contribution in [0.5, 0.6) is 0 Å². The maximum atomic E-state index is 12.0. The average Bonchev–Trinajstić information content (AvgIpc) is 2.79. The number of aromatic nitrogens is 1. The monoisotopic (exact) mass is 278 g/mol. The number of esters is 1. The van der Waals surface area contributed by atoms with Gasteiger partial charge in [0, 0.05) is 23.3 Å². The van der Waals surface area contributed by atoms with Crippen molar-refractivity contribution in [3.63, 3.8) is 0 Å². The van der Waals surface area contributed by atoms with Gasteiger partial charge >= 0.3 is 5.97 Å². The summed E-state index contributed by atoms with van der Waals surface area (Å²) in [6, 6.07) is 8.87. The number of nitrogens with two attached hydrogens (primary N) is 1. The predicted octanol–water partition coefficient (Wildman–Crippen LogP) is 3.10. The quantitative estimate of drug-likeness (QED) is 0.874.